The first kappa shape index (κ1) is 13.2. The number of thioether (sulfide) groups is 1. The van der Waals surface area contributed by atoms with E-state index in [1.807, 2.05) is 0 Å². The number of hydrogen-bond acceptors (Lipinski definition) is 4. The van der Waals surface area contributed by atoms with Gasteiger partial charge in [0.15, 0.2) is 0 Å². The standard InChI is InChI=1S/C11H11ClN2O3S/c12-8-7(2-1-4-13-8)9(15)14-11(10(16)17)3-5-18-6-11/h1-2,4H,3,5-6H2,(H,14,15)(H,16,17). The predicted molar refractivity (Wildman–Crippen MR) is 69.0 cm³/mol. The third-order valence-electron chi connectivity index (χ3n) is 2.79. The Balaban J connectivity index is 2.21. The maximum Gasteiger partial charge on any atom is 0.330 e. The van der Waals surface area contributed by atoms with E-state index in [1.165, 1.54) is 24.0 Å². The lowest BCUT2D eigenvalue weighted by molar-refractivity contribution is -0.143. The zero-order valence-electron chi connectivity index (χ0n) is 9.35. The molecule has 1 unspecified atom stereocenters. The van der Waals surface area contributed by atoms with Crippen molar-refractivity contribution in [3.8, 4) is 0 Å². The van der Waals surface area contributed by atoms with E-state index < -0.39 is 17.4 Å². The van der Waals surface area contributed by atoms with Gasteiger partial charge in [0.25, 0.3) is 5.91 Å². The highest BCUT2D eigenvalue weighted by atomic mass is 35.5. The normalized spacial score (nSPS) is 22.7. The molecule has 0 saturated carbocycles. The second-order valence-electron chi connectivity index (χ2n) is 3.99. The van der Waals surface area contributed by atoms with Crippen LogP contribution >= 0.6 is 23.4 Å². The van der Waals surface area contributed by atoms with Crippen LogP contribution in [0.25, 0.3) is 0 Å². The first-order chi connectivity index (χ1) is 8.55. The summed E-state index contributed by atoms with van der Waals surface area (Å²) >= 11 is 7.31. The van der Waals surface area contributed by atoms with Gasteiger partial charge in [-0.05, 0) is 24.3 Å². The van der Waals surface area contributed by atoms with Crippen LogP contribution in [0.1, 0.15) is 16.8 Å². The predicted octanol–water partition coefficient (Wildman–Crippen LogP) is 1.43. The number of halogens is 1. The second kappa shape index (κ2) is 5.16. The Labute approximate surface area is 113 Å². The number of nitrogens with one attached hydrogen (secondary N) is 1. The molecule has 5 nitrogen and oxygen atoms in total. The minimum Gasteiger partial charge on any atom is -0.479 e. The molecule has 2 rings (SSSR count). The molecule has 1 fully saturated rings. The zero-order valence-corrected chi connectivity index (χ0v) is 10.9. The highest BCUT2D eigenvalue weighted by Gasteiger charge is 2.43. The molecule has 0 spiro atoms. The molecule has 1 saturated heterocycles. The van der Waals surface area contributed by atoms with Gasteiger partial charge in [0.1, 0.15) is 10.7 Å². The largest absolute Gasteiger partial charge is 0.479 e. The van der Waals surface area contributed by atoms with Gasteiger partial charge in [0, 0.05) is 11.9 Å². The Morgan fingerprint density at radius 2 is 2.33 bits per heavy atom. The summed E-state index contributed by atoms with van der Waals surface area (Å²) in [7, 11) is 0. The van der Waals surface area contributed by atoms with Crippen molar-refractivity contribution in [2.24, 2.45) is 0 Å². The van der Waals surface area contributed by atoms with Gasteiger partial charge < -0.3 is 10.4 Å². The van der Waals surface area contributed by atoms with Crippen LogP contribution in [0.15, 0.2) is 18.3 Å². The Bertz CT molecular complexity index is 489. The number of carbonyl (C=O) groups excluding carboxylic acids is 1. The molecular weight excluding hydrogens is 276 g/mol. The molecule has 1 aliphatic heterocycles. The van der Waals surface area contributed by atoms with E-state index in [1.54, 1.807) is 6.07 Å². The van der Waals surface area contributed by atoms with Gasteiger partial charge in [-0.15, -0.1) is 0 Å². The molecule has 1 amide bonds. The maximum absolute atomic E-state index is 12.0. The van der Waals surface area contributed by atoms with Gasteiger partial charge in [-0.25, -0.2) is 9.78 Å². The Kier molecular flexibility index (Phi) is 3.77. The van der Waals surface area contributed by atoms with Crippen molar-refractivity contribution in [2.45, 2.75) is 12.0 Å². The van der Waals surface area contributed by atoms with E-state index in [4.69, 9.17) is 11.6 Å². The first-order valence-electron chi connectivity index (χ1n) is 5.29. The highest BCUT2D eigenvalue weighted by Crippen LogP contribution is 2.29. The van der Waals surface area contributed by atoms with Gasteiger partial charge in [-0.2, -0.15) is 11.8 Å². The third kappa shape index (κ3) is 2.44. The molecule has 0 radical (unpaired) electrons. The Morgan fingerprint density at radius 3 is 2.89 bits per heavy atom. The van der Waals surface area contributed by atoms with Crippen LogP contribution in [0.3, 0.4) is 0 Å². The number of carbonyl (C=O) groups is 2. The molecule has 1 aliphatic rings. The van der Waals surface area contributed by atoms with E-state index >= 15 is 0 Å². The van der Waals surface area contributed by atoms with Crippen LogP contribution in [0.5, 0.6) is 0 Å². The first-order valence-corrected chi connectivity index (χ1v) is 6.83. The lowest BCUT2D eigenvalue weighted by atomic mass is 9.98. The van der Waals surface area contributed by atoms with Gasteiger partial charge in [0.05, 0.1) is 5.56 Å². The summed E-state index contributed by atoms with van der Waals surface area (Å²) in [6.45, 7) is 0. The number of aromatic nitrogens is 1. The molecule has 2 N–H and O–H groups in total. The highest BCUT2D eigenvalue weighted by molar-refractivity contribution is 7.99. The summed E-state index contributed by atoms with van der Waals surface area (Å²) in [5, 5.41) is 11.9. The van der Waals surface area contributed by atoms with Crippen LogP contribution in [-0.4, -0.2) is 39.0 Å². The summed E-state index contributed by atoms with van der Waals surface area (Å²) < 4.78 is 0. The van der Waals surface area contributed by atoms with E-state index in [0.29, 0.717) is 17.9 Å². The van der Waals surface area contributed by atoms with Crippen molar-refractivity contribution >= 4 is 35.2 Å². The number of carboxylic acids is 1. The topological polar surface area (TPSA) is 79.3 Å². The van der Waals surface area contributed by atoms with Crippen molar-refractivity contribution < 1.29 is 14.7 Å². The minimum atomic E-state index is -1.19. The Hall–Kier alpha value is -1.27. The maximum atomic E-state index is 12.0. The van der Waals surface area contributed by atoms with E-state index in [-0.39, 0.29) is 10.7 Å². The molecule has 1 aromatic rings. The van der Waals surface area contributed by atoms with Crippen molar-refractivity contribution in [1.82, 2.24) is 10.3 Å². The molecule has 1 aromatic heterocycles. The monoisotopic (exact) mass is 286 g/mol. The number of aliphatic carboxylic acids is 1. The van der Waals surface area contributed by atoms with Crippen LogP contribution in [0, 0.1) is 0 Å². The van der Waals surface area contributed by atoms with Crippen molar-refractivity contribution in [3.05, 3.63) is 29.0 Å². The van der Waals surface area contributed by atoms with Gasteiger partial charge in [0.2, 0.25) is 0 Å². The molecule has 0 aliphatic carbocycles. The fraction of sp³-hybridized carbons (Fsp3) is 0.364. The molecule has 18 heavy (non-hydrogen) atoms. The van der Waals surface area contributed by atoms with E-state index in [9.17, 15) is 14.7 Å². The van der Waals surface area contributed by atoms with Crippen LogP contribution in [0.4, 0.5) is 0 Å². The molecule has 0 aromatic carbocycles. The smallest absolute Gasteiger partial charge is 0.330 e. The van der Waals surface area contributed by atoms with Gasteiger partial charge in [-0.1, -0.05) is 11.6 Å². The number of pyridine rings is 1. The van der Waals surface area contributed by atoms with E-state index in [0.717, 1.165) is 0 Å². The average molecular weight is 287 g/mol. The lowest BCUT2D eigenvalue weighted by Gasteiger charge is -2.24. The van der Waals surface area contributed by atoms with Crippen molar-refractivity contribution in [1.29, 1.82) is 0 Å². The molecule has 96 valence electrons. The quantitative estimate of drug-likeness (QED) is 0.822. The zero-order chi connectivity index (χ0) is 13.2. The Morgan fingerprint density at radius 1 is 1.56 bits per heavy atom. The van der Waals surface area contributed by atoms with Crippen LogP contribution in [0.2, 0.25) is 5.15 Å². The molecule has 2 heterocycles. The number of hydrogen-bond donors (Lipinski definition) is 2. The molecular formula is C11H11ClN2O3S. The number of rotatable bonds is 3. The molecule has 0 bridgehead atoms. The van der Waals surface area contributed by atoms with Crippen molar-refractivity contribution in [2.75, 3.05) is 11.5 Å². The fourth-order valence-corrected chi connectivity index (χ4v) is 3.26. The molecule has 1 atom stereocenters. The van der Waals surface area contributed by atoms with Crippen molar-refractivity contribution in [3.63, 3.8) is 0 Å². The summed E-state index contributed by atoms with van der Waals surface area (Å²) in [4.78, 5) is 27.1. The fourth-order valence-electron chi connectivity index (χ4n) is 1.73. The van der Waals surface area contributed by atoms with E-state index in [2.05, 4.69) is 10.3 Å². The average Bonchev–Trinajstić information content (AvgIpc) is 2.79. The number of amides is 1. The summed E-state index contributed by atoms with van der Waals surface area (Å²) in [6, 6.07) is 3.10. The van der Waals surface area contributed by atoms with Crippen LogP contribution in [-0.2, 0) is 4.79 Å². The minimum absolute atomic E-state index is 0.0705. The summed E-state index contributed by atoms with van der Waals surface area (Å²) in [6.07, 6.45) is 1.88. The van der Waals surface area contributed by atoms with Gasteiger partial charge in [-0.3, -0.25) is 4.79 Å². The molecule has 7 heteroatoms. The summed E-state index contributed by atoms with van der Waals surface area (Å²) in [5.41, 5.74) is -1.00. The third-order valence-corrected chi connectivity index (χ3v) is 4.28. The van der Waals surface area contributed by atoms with Crippen LogP contribution < -0.4 is 5.32 Å². The number of carboxylic acid groups (broad SMARTS) is 1. The lowest BCUT2D eigenvalue weighted by Crippen LogP contribution is -2.54. The van der Waals surface area contributed by atoms with Gasteiger partial charge >= 0.3 is 5.97 Å². The second-order valence-corrected chi connectivity index (χ2v) is 5.45. The summed E-state index contributed by atoms with van der Waals surface area (Å²) in [5.74, 6) is -0.432. The SMILES string of the molecule is O=C(NC1(C(=O)O)CCSC1)c1cccnc1Cl. The number of nitrogens with zero attached hydrogens (tertiary/aromatic N) is 1.